The molecule has 1 aliphatic heterocycles. The van der Waals surface area contributed by atoms with Crippen LogP contribution in [0.15, 0.2) is 18.2 Å². The highest BCUT2D eigenvalue weighted by Gasteiger charge is 2.19. The summed E-state index contributed by atoms with van der Waals surface area (Å²) >= 11 is 0. The smallest absolute Gasteiger partial charge is 0.251 e. The van der Waals surface area contributed by atoms with E-state index in [4.69, 9.17) is 0 Å². The number of hydrogen-bond acceptors (Lipinski definition) is 3. The molecule has 1 aromatic rings. The molecule has 3 rings (SSSR count). The van der Waals surface area contributed by atoms with Crippen molar-refractivity contribution in [2.75, 3.05) is 39.8 Å². The largest absolute Gasteiger partial charge is 0.352 e. The number of nitrogens with zero attached hydrogens (tertiary/aromatic N) is 2. The minimum atomic E-state index is 0.0743. The van der Waals surface area contributed by atoms with Crippen LogP contribution in [0.1, 0.15) is 41.3 Å². The first kappa shape index (κ1) is 16.5. The molecule has 0 radical (unpaired) electrons. The molecule has 4 heteroatoms. The van der Waals surface area contributed by atoms with E-state index in [1.165, 1.54) is 24.0 Å². The quantitative estimate of drug-likeness (QED) is 0.902. The fraction of sp³-hybridized carbons (Fsp3) is 0.632. The van der Waals surface area contributed by atoms with Gasteiger partial charge in [0.25, 0.3) is 5.91 Å². The van der Waals surface area contributed by atoms with E-state index in [2.05, 4.69) is 41.2 Å². The molecule has 1 heterocycles. The van der Waals surface area contributed by atoms with Crippen LogP contribution in [-0.2, 0) is 12.8 Å². The van der Waals surface area contributed by atoms with E-state index < -0.39 is 0 Å². The fourth-order valence-corrected chi connectivity index (χ4v) is 3.65. The molecule has 1 fully saturated rings. The Labute approximate surface area is 139 Å². The van der Waals surface area contributed by atoms with Crippen molar-refractivity contribution >= 4 is 5.91 Å². The zero-order valence-corrected chi connectivity index (χ0v) is 14.5. The molecule has 2 aliphatic rings. The molecule has 126 valence electrons. The molecule has 0 aromatic heterocycles. The summed E-state index contributed by atoms with van der Waals surface area (Å²) in [7, 11) is 2.18. The molecule has 1 aromatic carbocycles. The van der Waals surface area contributed by atoms with Crippen LogP contribution in [0.4, 0.5) is 0 Å². The highest BCUT2D eigenvalue weighted by molar-refractivity contribution is 5.94. The van der Waals surface area contributed by atoms with E-state index in [0.29, 0.717) is 6.04 Å². The predicted molar refractivity (Wildman–Crippen MR) is 93.9 cm³/mol. The van der Waals surface area contributed by atoms with Gasteiger partial charge in [0, 0.05) is 44.3 Å². The summed E-state index contributed by atoms with van der Waals surface area (Å²) in [6.45, 7) is 7.58. The number of piperazine rings is 1. The summed E-state index contributed by atoms with van der Waals surface area (Å²) in [5, 5.41) is 3.09. The summed E-state index contributed by atoms with van der Waals surface area (Å²) in [4.78, 5) is 17.2. The number of carbonyl (C=O) groups is 1. The molecule has 0 unspecified atom stereocenters. The fourth-order valence-electron chi connectivity index (χ4n) is 3.65. The highest BCUT2D eigenvalue weighted by Crippen LogP contribution is 2.22. The van der Waals surface area contributed by atoms with Gasteiger partial charge >= 0.3 is 0 Å². The first-order valence-corrected chi connectivity index (χ1v) is 8.96. The third kappa shape index (κ3) is 4.12. The lowest BCUT2D eigenvalue weighted by Crippen LogP contribution is -2.48. The van der Waals surface area contributed by atoms with Gasteiger partial charge in [-0.3, -0.25) is 9.69 Å². The Balaban J connectivity index is 1.44. The normalized spacial score (nSPS) is 20.3. The van der Waals surface area contributed by atoms with Crippen molar-refractivity contribution in [2.24, 2.45) is 0 Å². The number of carbonyl (C=O) groups excluding carboxylic acids is 1. The Morgan fingerprint density at radius 3 is 2.70 bits per heavy atom. The second-order valence-electron chi connectivity index (χ2n) is 7.07. The summed E-state index contributed by atoms with van der Waals surface area (Å²) in [6, 6.07) is 6.72. The lowest BCUT2D eigenvalue weighted by atomic mass is 10.1. The van der Waals surface area contributed by atoms with Crippen molar-refractivity contribution in [1.82, 2.24) is 15.1 Å². The first-order valence-electron chi connectivity index (χ1n) is 8.96. The number of likely N-dealkylation sites (N-methyl/N-ethyl adjacent to an activating group) is 1. The lowest BCUT2D eigenvalue weighted by molar-refractivity contribution is 0.0935. The number of aryl methyl sites for hydroxylation is 2. The number of rotatable bonds is 5. The average Bonchev–Trinajstić information content (AvgIpc) is 3.02. The van der Waals surface area contributed by atoms with Gasteiger partial charge in [-0.2, -0.15) is 0 Å². The van der Waals surface area contributed by atoms with Crippen LogP contribution in [0.2, 0.25) is 0 Å². The van der Waals surface area contributed by atoms with Crippen LogP contribution < -0.4 is 5.32 Å². The van der Waals surface area contributed by atoms with Crippen LogP contribution in [0.25, 0.3) is 0 Å². The van der Waals surface area contributed by atoms with Crippen LogP contribution in [0, 0.1) is 0 Å². The Kier molecular flexibility index (Phi) is 5.34. The summed E-state index contributed by atoms with van der Waals surface area (Å²) in [5.41, 5.74) is 3.60. The molecule has 1 amide bonds. The van der Waals surface area contributed by atoms with Crippen LogP contribution >= 0.6 is 0 Å². The number of hydrogen-bond donors (Lipinski definition) is 1. The van der Waals surface area contributed by atoms with Gasteiger partial charge in [-0.05, 0) is 62.9 Å². The summed E-state index contributed by atoms with van der Waals surface area (Å²) in [5.74, 6) is 0.0743. The second-order valence-corrected chi connectivity index (χ2v) is 7.07. The Morgan fingerprint density at radius 1 is 1.17 bits per heavy atom. The maximum atomic E-state index is 12.3. The van der Waals surface area contributed by atoms with E-state index in [9.17, 15) is 4.79 Å². The molecule has 23 heavy (non-hydrogen) atoms. The molecule has 1 saturated heterocycles. The van der Waals surface area contributed by atoms with E-state index in [1.807, 2.05) is 6.07 Å². The van der Waals surface area contributed by atoms with Crippen LogP contribution in [-0.4, -0.2) is 61.5 Å². The molecule has 4 nitrogen and oxygen atoms in total. The standard InChI is InChI=1S/C19H29N3O/c1-15(22-12-10-21(2)11-13-22)8-9-20-19(23)18-7-6-16-4-3-5-17(16)14-18/h6-7,14-15H,3-5,8-13H2,1-2H3,(H,20,23)/t15-/m1/s1. The third-order valence-corrected chi connectivity index (χ3v) is 5.37. The molecule has 0 bridgehead atoms. The predicted octanol–water partition coefficient (Wildman–Crippen LogP) is 1.93. The van der Waals surface area contributed by atoms with Crippen molar-refractivity contribution in [3.63, 3.8) is 0 Å². The van der Waals surface area contributed by atoms with Gasteiger partial charge in [-0.25, -0.2) is 0 Å². The molecular formula is C19H29N3O. The SMILES string of the molecule is C[C@H](CCNC(=O)c1ccc2c(c1)CCC2)N1CCN(C)CC1. The topological polar surface area (TPSA) is 35.6 Å². The average molecular weight is 315 g/mol. The molecular weight excluding hydrogens is 286 g/mol. The van der Waals surface area contributed by atoms with E-state index in [1.54, 1.807) is 0 Å². The third-order valence-electron chi connectivity index (χ3n) is 5.37. The van der Waals surface area contributed by atoms with Gasteiger partial charge in [-0.15, -0.1) is 0 Å². The minimum Gasteiger partial charge on any atom is -0.352 e. The number of benzene rings is 1. The number of fused-ring (bicyclic) bond motifs is 1. The molecule has 0 saturated carbocycles. The van der Waals surface area contributed by atoms with Gasteiger partial charge in [0.15, 0.2) is 0 Å². The van der Waals surface area contributed by atoms with Crippen molar-refractivity contribution in [3.8, 4) is 0 Å². The summed E-state index contributed by atoms with van der Waals surface area (Å²) in [6.07, 6.45) is 4.53. The highest BCUT2D eigenvalue weighted by atomic mass is 16.1. The van der Waals surface area contributed by atoms with E-state index in [-0.39, 0.29) is 5.91 Å². The second kappa shape index (κ2) is 7.45. The van der Waals surface area contributed by atoms with Gasteiger partial charge in [0.2, 0.25) is 0 Å². The lowest BCUT2D eigenvalue weighted by Gasteiger charge is -2.36. The monoisotopic (exact) mass is 315 g/mol. The van der Waals surface area contributed by atoms with Crippen molar-refractivity contribution in [1.29, 1.82) is 0 Å². The molecule has 1 aliphatic carbocycles. The van der Waals surface area contributed by atoms with Crippen molar-refractivity contribution < 1.29 is 4.79 Å². The molecule has 0 spiro atoms. The van der Waals surface area contributed by atoms with Gasteiger partial charge in [0.05, 0.1) is 0 Å². The maximum absolute atomic E-state index is 12.3. The van der Waals surface area contributed by atoms with Crippen molar-refractivity contribution in [2.45, 2.75) is 38.6 Å². The number of nitrogens with one attached hydrogen (secondary N) is 1. The first-order chi connectivity index (χ1) is 11.1. The van der Waals surface area contributed by atoms with E-state index >= 15 is 0 Å². The number of amides is 1. The molecule has 1 N–H and O–H groups in total. The van der Waals surface area contributed by atoms with E-state index in [0.717, 1.165) is 51.1 Å². The zero-order valence-electron chi connectivity index (χ0n) is 14.5. The maximum Gasteiger partial charge on any atom is 0.251 e. The van der Waals surface area contributed by atoms with Gasteiger partial charge in [-0.1, -0.05) is 6.07 Å². The minimum absolute atomic E-state index is 0.0743. The zero-order chi connectivity index (χ0) is 16.2. The van der Waals surface area contributed by atoms with Crippen LogP contribution in [0.5, 0.6) is 0 Å². The Bertz CT molecular complexity index is 550. The van der Waals surface area contributed by atoms with Gasteiger partial charge < -0.3 is 10.2 Å². The Hall–Kier alpha value is -1.39. The Morgan fingerprint density at radius 2 is 1.91 bits per heavy atom. The summed E-state index contributed by atoms with van der Waals surface area (Å²) < 4.78 is 0. The van der Waals surface area contributed by atoms with Crippen LogP contribution in [0.3, 0.4) is 0 Å². The van der Waals surface area contributed by atoms with Gasteiger partial charge in [0.1, 0.15) is 0 Å². The van der Waals surface area contributed by atoms with Crippen molar-refractivity contribution in [3.05, 3.63) is 34.9 Å². The molecule has 1 atom stereocenters.